The fraction of sp³-hybridized carbons (Fsp3) is 0.636. The first-order valence-electron chi connectivity index (χ1n) is 5.98. The van der Waals surface area contributed by atoms with Crippen molar-refractivity contribution in [1.29, 1.82) is 0 Å². The highest BCUT2D eigenvalue weighted by Crippen LogP contribution is 2.11. The Morgan fingerprint density at radius 1 is 1.47 bits per heavy atom. The summed E-state index contributed by atoms with van der Waals surface area (Å²) in [6.45, 7) is 0.201. The maximum Gasteiger partial charge on any atom is 0.326 e. The Hall–Kier alpha value is -2.12. The van der Waals surface area contributed by atoms with Gasteiger partial charge in [-0.15, -0.1) is 0 Å². The van der Waals surface area contributed by atoms with Crippen molar-refractivity contribution in [3.63, 3.8) is 0 Å². The lowest BCUT2D eigenvalue weighted by Gasteiger charge is -2.23. The fourth-order valence-corrected chi connectivity index (χ4v) is 1.79. The summed E-state index contributed by atoms with van der Waals surface area (Å²) in [5, 5.41) is 13.8. The summed E-state index contributed by atoms with van der Waals surface area (Å²) in [5.41, 5.74) is 4.94. The van der Waals surface area contributed by atoms with Gasteiger partial charge in [0.2, 0.25) is 17.7 Å². The zero-order chi connectivity index (χ0) is 14.4. The largest absolute Gasteiger partial charge is 0.480 e. The number of rotatable bonds is 6. The molecule has 1 aliphatic rings. The van der Waals surface area contributed by atoms with E-state index in [2.05, 4.69) is 10.6 Å². The molecule has 8 nitrogen and oxygen atoms in total. The number of nitrogens with one attached hydrogen (secondary N) is 2. The van der Waals surface area contributed by atoms with E-state index >= 15 is 0 Å². The molecular formula is C11H17N3O5. The summed E-state index contributed by atoms with van der Waals surface area (Å²) in [6.07, 6.45) is 0.477. The third kappa shape index (κ3) is 4.94. The molecule has 3 amide bonds. The minimum atomic E-state index is -1.21. The molecule has 0 aromatic heterocycles. The van der Waals surface area contributed by atoms with Gasteiger partial charge in [-0.1, -0.05) is 0 Å². The standard InChI is InChI=1S/C11H17N3O5/c12-8(15)3-2-7(11(18)19)14-10(17)6-1-4-9(16)13-5-6/h6-7H,1-5H2,(H2,12,15)(H,13,16)(H,14,17)(H,18,19)/t6?,7-/m0/s1. The number of carbonyl (C=O) groups is 4. The van der Waals surface area contributed by atoms with Gasteiger partial charge in [-0.05, 0) is 12.8 Å². The monoisotopic (exact) mass is 271 g/mol. The summed E-state index contributed by atoms with van der Waals surface area (Å²) in [4.78, 5) is 44.3. The van der Waals surface area contributed by atoms with Crippen molar-refractivity contribution >= 4 is 23.7 Å². The Morgan fingerprint density at radius 2 is 2.16 bits per heavy atom. The van der Waals surface area contributed by atoms with Crippen LogP contribution in [0.25, 0.3) is 0 Å². The van der Waals surface area contributed by atoms with Gasteiger partial charge in [0.05, 0.1) is 5.92 Å². The Bertz CT molecular complexity index is 386. The molecule has 8 heteroatoms. The highest BCUT2D eigenvalue weighted by atomic mass is 16.4. The first-order valence-corrected chi connectivity index (χ1v) is 5.98. The Kier molecular flexibility index (Phi) is 5.28. The lowest BCUT2D eigenvalue weighted by atomic mass is 9.97. The van der Waals surface area contributed by atoms with Crippen molar-refractivity contribution in [3.8, 4) is 0 Å². The zero-order valence-electron chi connectivity index (χ0n) is 10.3. The summed E-state index contributed by atoms with van der Waals surface area (Å²) in [7, 11) is 0. The first kappa shape index (κ1) is 14.9. The summed E-state index contributed by atoms with van der Waals surface area (Å²) in [5.74, 6) is -2.82. The normalized spacial score (nSPS) is 20.2. The van der Waals surface area contributed by atoms with E-state index in [1.54, 1.807) is 0 Å². The predicted octanol–water partition coefficient (Wildman–Crippen LogP) is -1.65. The SMILES string of the molecule is NC(=O)CC[C@H](NC(=O)C1CCC(=O)NC1)C(=O)O. The highest BCUT2D eigenvalue weighted by Gasteiger charge is 2.28. The number of carboxylic acid groups (broad SMARTS) is 1. The quantitative estimate of drug-likeness (QED) is 0.458. The number of hydrogen-bond donors (Lipinski definition) is 4. The molecule has 19 heavy (non-hydrogen) atoms. The smallest absolute Gasteiger partial charge is 0.326 e. The number of aliphatic carboxylic acids is 1. The second kappa shape index (κ2) is 6.72. The minimum absolute atomic E-state index is 0.0461. The first-order chi connectivity index (χ1) is 8.90. The van der Waals surface area contributed by atoms with Gasteiger partial charge in [-0.25, -0.2) is 4.79 Å². The molecule has 0 saturated carbocycles. The van der Waals surface area contributed by atoms with Gasteiger partial charge in [0.15, 0.2) is 0 Å². The molecule has 0 spiro atoms. The van der Waals surface area contributed by atoms with Gasteiger partial charge in [0, 0.05) is 19.4 Å². The van der Waals surface area contributed by atoms with Crippen molar-refractivity contribution in [2.24, 2.45) is 11.7 Å². The average molecular weight is 271 g/mol. The van der Waals surface area contributed by atoms with Crippen LogP contribution >= 0.6 is 0 Å². The van der Waals surface area contributed by atoms with Crippen molar-refractivity contribution in [3.05, 3.63) is 0 Å². The number of amides is 3. The molecule has 1 heterocycles. The van der Waals surface area contributed by atoms with Crippen LogP contribution in [0.2, 0.25) is 0 Å². The maximum atomic E-state index is 11.8. The summed E-state index contributed by atoms with van der Waals surface area (Å²) in [6, 6.07) is -1.14. The molecule has 106 valence electrons. The van der Waals surface area contributed by atoms with E-state index in [4.69, 9.17) is 10.8 Å². The van der Waals surface area contributed by atoms with E-state index in [1.165, 1.54) is 0 Å². The van der Waals surface area contributed by atoms with Gasteiger partial charge in [-0.3, -0.25) is 14.4 Å². The molecule has 1 fully saturated rings. The maximum absolute atomic E-state index is 11.8. The molecule has 2 atom stereocenters. The molecule has 1 rings (SSSR count). The summed E-state index contributed by atoms with van der Waals surface area (Å²) >= 11 is 0. The van der Waals surface area contributed by atoms with Crippen LogP contribution in [0.4, 0.5) is 0 Å². The van der Waals surface area contributed by atoms with E-state index in [0.29, 0.717) is 6.42 Å². The van der Waals surface area contributed by atoms with Crippen LogP contribution in [0, 0.1) is 5.92 Å². The molecular weight excluding hydrogens is 254 g/mol. The number of carboxylic acids is 1. The van der Waals surface area contributed by atoms with Crippen molar-refractivity contribution in [1.82, 2.24) is 10.6 Å². The zero-order valence-corrected chi connectivity index (χ0v) is 10.3. The minimum Gasteiger partial charge on any atom is -0.480 e. The second-order valence-corrected chi connectivity index (χ2v) is 4.44. The van der Waals surface area contributed by atoms with Crippen LogP contribution in [0.5, 0.6) is 0 Å². The van der Waals surface area contributed by atoms with Crippen molar-refractivity contribution in [2.75, 3.05) is 6.54 Å². The highest BCUT2D eigenvalue weighted by molar-refractivity contribution is 5.87. The topological polar surface area (TPSA) is 139 Å². The Balaban J connectivity index is 2.49. The van der Waals surface area contributed by atoms with Gasteiger partial charge in [0.25, 0.3) is 0 Å². The van der Waals surface area contributed by atoms with E-state index in [9.17, 15) is 19.2 Å². The molecule has 0 radical (unpaired) electrons. The summed E-state index contributed by atoms with van der Waals surface area (Å²) < 4.78 is 0. The number of piperidine rings is 1. The van der Waals surface area contributed by atoms with Crippen LogP contribution in [-0.4, -0.2) is 41.4 Å². The third-order valence-corrected chi connectivity index (χ3v) is 2.93. The van der Waals surface area contributed by atoms with Gasteiger partial charge in [0.1, 0.15) is 6.04 Å². The number of hydrogen-bond acceptors (Lipinski definition) is 4. The Labute approximate surface area is 109 Å². The van der Waals surface area contributed by atoms with E-state index in [0.717, 1.165) is 0 Å². The lowest BCUT2D eigenvalue weighted by Crippen LogP contribution is -2.48. The fourth-order valence-electron chi connectivity index (χ4n) is 1.79. The molecule has 1 saturated heterocycles. The molecule has 1 aliphatic heterocycles. The number of nitrogens with two attached hydrogens (primary N) is 1. The van der Waals surface area contributed by atoms with Crippen molar-refractivity contribution < 1.29 is 24.3 Å². The van der Waals surface area contributed by atoms with Crippen LogP contribution < -0.4 is 16.4 Å². The molecule has 1 unspecified atom stereocenters. The second-order valence-electron chi connectivity index (χ2n) is 4.44. The van der Waals surface area contributed by atoms with Crippen LogP contribution in [-0.2, 0) is 19.2 Å². The van der Waals surface area contributed by atoms with Gasteiger partial charge in [-0.2, -0.15) is 0 Å². The average Bonchev–Trinajstić information content (AvgIpc) is 2.34. The molecule has 0 aromatic carbocycles. The van der Waals surface area contributed by atoms with E-state index in [1.807, 2.05) is 0 Å². The molecule has 5 N–H and O–H groups in total. The molecule has 0 bridgehead atoms. The van der Waals surface area contributed by atoms with Crippen LogP contribution in [0.15, 0.2) is 0 Å². The number of primary amides is 1. The van der Waals surface area contributed by atoms with Crippen LogP contribution in [0.1, 0.15) is 25.7 Å². The lowest BCUT2D eigenvalue weighted by molar-refractivity contribution is -0.143. The molecule has 0 aromatic rings. The van der Waals surface area contributed by atoms with Crippen molar-refractivity contribution in [2.45, 2.75) is 31.7 Å². The third-order valence-electron chi connectivity index (χ3n) is 2.93. The number of carbonyl (C=O) groups excluding carboxylic acids is 3. The van der Waals surface area contributed by atoms with E-state index in [-0.39, 0.29) is 31.7 Å². The molecule has 0 aliphatic carbocycles. The van der Waals surface area contributed by atoms with E-state index < -0.39 is 29.7 Å². The van der Waals surface area contributed by atoms with Gasteiger partial charge >= 0.3 is 5.97 Å². The van der Waals surface area contributed by atoms with Gasteiger partial charge < -0.3 is 21.5 Å². The predicted molar refractivity (Wildman–Crippen MR) is 63.7 cm³/mol. The van der Waals surface area contributed by atoms with Crippen LogP contribution in [0.3, 0.4) is 0 Å². The Morgan fingerprint density at radius 3 is 2.63 bits per heavy atom.